The van der Waals surface area contributed by atoms with Crippen LogP contribution in [-0.4, -0.2) is 32.9 Å². The molecule has 1 fully saturated rings. The van der Waals surface area contributed by atoms with Crippen LogP contribution in [0.2, 0.25) is 0 Å². The van der Waals surface area contributed by atoms with E-state index in [0.717, 1.165) is 18.4 Å². The van der Waals surface area contributed by atoms with Gasteiger partial charge in [-0.1, -0.05) is 0 Å². The van der Waals surface area contributed by atoms with Crippen molar-refractivity contribution in [2.45, 2.75) is 25.4 Å². The standard InChI is InChI=1S/C15H14N2O3S/c18-14(11-3-5-16-13(7-11)15(19)20)17(12-1-2-12)8-10-4-6-21-9-10/h3-7,9,12H,1-2,8H2,(H,19,20). The van der Waals surface area contributed by atoms with Crippen molar-refractivity contribution in [2.75, 3.05) is 0 Å². The zero-order valence-corrected chi connectivity index (χ0v) is 12.0. The molecule has 1 aliphatic rings. The molecule has 0 aliphatic heterocycles. The summed E-state index contributed by atoms with van der Waals surface area (Å²) in [5, 5.41) is 13.0. The number of rotatable bonds is 5. The van der Waals surface area contributed by atoms with E-state index >= 15 is 0 Å². The first-order valence-corrected chi connectivity index (χ1v) is 7.61. The van der Waals surface area contributed by atoms with Crippen LogP contribution in [0.1, 0.15) is 39.3 Å². The van der Waals surface area contributed by atoms with Gasteiger partial charge >= 0.3 is 5.97 Å². The first kappa shape index (κ1) is 13.8. The average Bonchev–Trinajstić information content (AvgIpc) is 3.20. The minimum atomic E-state index is -1.12. The summed E-state index contributed by atoms with van der Waals surface area (Å²) >= 11 is 1.60. The Kier molecular flexibility index (Phi) is 3.70. The number of amides is 1. The van der Waals surface area contributed by atoms with Crippen LogP contribution < -0.4 is 0 Å². The van der Waals surface area contributed by atoms with Gasteiger partial charge in [0.2, 0.25) is 0 Å². The lowest BCUT2D eigenvalue weighted by molar-refractivity contribution is 0.0690. The van der Waals surface area contributed by atoms with E-state index in [2.05, 4.69) is 4.98 Å². The van der Waals surface area contributed by atoms with Gasteiger partial charge in [0.15, 0.2) is 0 Å². The predicted molar refractivity (Wildman–Crippen MR) is 78.4 cm³/mol. The van der Waals surface area contributed by atoms with Crippen molar-refractivity contribution < 1.29 is 14.7 Å². The summed E-state index contributed by atoms with van der Waals surface area (Å²) in [7, 11) is 0. The fourth-order valence-electron chi connectivity index (χ4n) is 2.18. The zero-order chi connectivity index (χ0) is 14.8. The molecule has 1 saturated carbocycles. The number of carbonyl (C=O) groups is 2. The number of pyridine rings is 1. The highest BCUT2D eigenvalue weighted by Gasteiger charge is 2.33. The molecular formula is C15H14N2O3S. The fourth-order valence-corrected chi connectivity index (χ4v) is 2.84. The van der Waals surface area contributed by atoms with Crippen LogP contribution in [0.15, 0.2) is 35.2 Å². The number of carboxylic acids is 1. The van der Waals surface area contributed by atoms with Crippen molar-refractivity contribution in [1.82, 2.24) is 9.88 Å². The molecule has 1 amide bonds. The quantitative estimate of drug-likeness (QED) is 0.921. The van der Waals surface area contributed by atoms with Crippen LogP contribution in [0.25, 0.3) is 0 Å². The van der Waals surface area contributed by atoms with Crippen molar-refractivity contribution in [2.24, 2.45) is 0 Å². The van der Waals surface area contributed by atoms with Crippen molar-refractivity contribution in [3.63, 3.8) is 0 Å². The maximum absolute atomic E-state index is 12.6. The normalized spacial score (nSPS) is 13.9. The van der Waals surface area contributed by atoms with Crippen LogP contribution in [0.4, 0.5) is 0 Å². The van der Waals surface area contributed by atoms with Crippen molar-refractivity contribution >= 4 is 23.2 Å². The second-order valence-electron chi connectivity index (χ2n) is 5.03. The largest absolute Gasteiger partial charge is 0.477 e. The molecule has 0 aromatic carbocycles. The molecule has 2 aromatic rings. The number of aromatic carboxylic acids is 1. The lowest BCUT2D eigenvalue weighted by Crippen LogP contribution is -2.32. The summed E-state index contributed by atoms with van der Waals surface area (Å²) < 4.78 is 0. The van der Waals surface area contributed by atoms with Gasteiger partial charge in [-0.05, 0) is 47.4 Å². The molecule has 2 heterocycles. The maximum atomic E-state index is 12.6. The first-order chi connectivity index (χ1) is 10.1. The van der Waals surface area contributed by atoms with Gasteiger partial charge < -0.3 is 10.0 Å². The van der Waals surface area contributed by atoms with Crippen molar-refractivity contribution in [3.8, 4) is 0 Å². The molecule has 2 aromatic heterocycles. The van der Waals surface area contributed by atoms with Crippen LogP contribution in [-0.2, 0) is 6.54 Å². The molecule has 0 spiro atoms. The first-order valence-electron chi connectivity index (χ1n) is 6.66. The monoisotopic (exact) mass is 302 g/mol. The Morgan fingerprint density at radius 1 is 1.38 bits per heavy atom. The second kappa shape index (κ2) is 5.65. The van der Waals surface area contributed by atoms with E-state index < -0.39 is 5.97 Å². The molecule has 6 heteroatoms. The Labute approximate surface area is 125 Å². The van der Waals surface area contributed by atoms with Gasteiger partial charge in [0.05, 0.1) is 0 Å². The minimum absolute atomic E-state index is 0.105. The maximum Gasteiger partial charge on any atom is 0.354 e. The smallest absolute Gasteiger partial charge is 0.354 e. The number of thiophene rings is 1. The Bertz CT molecular complexity index is 665. The lowest BCUT2D eigenvalue weighted by atomic mass is 10.2. The minimum Gasteiger partial charge on any atom is -0.477 e. The fraction of sp³-hybridized carbons (Fsp3) is 0.267. The van der Waals surface area contributed by atoms with Gasteiger partial charge in [-0.2, -0.15) is 11.3 Å². The zero-order valence-electron chi connectivity index (χ0n) is 11.2. The van der Waals surface area contributed by atoms with E-state index in [9.17, 15) is 9.59 Å². The predicted octanol–water partition coefficient (Wildman–Crippen LogP) is 2.65. The third kappa shape index (κ3) is 3.11. The summed E-state index contributed by atoms with van der Waals surface area (Å²) in [5.41, 5.74) is 1.38. The molecule has 0 unspecified atom stereocenters. The van der Waals surface area contributed by atoms with Crippen LogP contribution >= 0.6 is 11.3 Å². The summed E-state index contributed by atoms with van der Waals surface area (Å²) in [6, 6.07) is 5.17. The highest BCUT2D eigenvalue weighted by molar-refractivity contribution is 7.07. The molecule has 1 aliphatic carbocycles. The summed E-state index contributed by atoms with van der Waals surface area (Å²) in [6.07, 6.45) is 3.38. The van der Waals surface area contributed by atoms with Gasteiger partial charge in [0, 0.05) is 24.3 Å². The van der Waals surface area contributed by atoms with Gasteiger partial charge in [-0.15, -0.1) is 0 Å². The molecule has 1 N–H and O–H groups in total. The van der Waals surface area contributed by atoms with E-state index in [0.29, 0.717) is 12.1 Å². The molecule has 21 heavy (non-hydrogen) atoms. The van der Waals surface area contributed by atoms with Crippen molar-refractivity contribution in [3.05, 3.63) is 52.0 Å². The van der Waals surface area contributed by atoms with E-state index in [4.69, 9.17) is 5.11 Å². The molecule has 108 valence electrons. The number of hydrogen-bond donors (Lipinski definition) is 1. The van der Waals surface area contributed by atoms with Gasteiger partial charge in [0.25, 0.3) is 5.91 Å². The Morgan fingerprint density at radius 2 is 2.19 bits per heavy atom. The van der Waals surface area contributed by atoms with E-state index in [1.807, 2.05) is 21.7 Å². The Balaban J connectivity index is 1.84. The highest BCUT2D eigenvalue weighted by Crippen LogP contribution is 2.30. The van der Waals surface area contributed by atoms with Crippen LogP contribution in [0.3, 0.4) is 0 Å². The SMILES string of the molecule is O=C(O)c1cc(C(=O)N(Cc2ccsc2)C2CC2)ccn1. The summed E-state index contributed by atoms with van der Waals surface area (Å²) in [4.78, 5) is 29.2. The van der Waals surface area contributed by atoms with E-state index in [1.54, 1.807) is 17.4 Å². The van der Waals surface area contributed by atoms with Gasteiger partial charge in [-0.25, -0.2) is 9.78 Å². The molecule has 3 rings (SSSR count). The lowest BCUT2D eigenvalue weighted by Gasteiger charge is -2.22. The van der Waals surface area contributed by atoms with Gasteiger partial charge in [0.1, 0.15) is 5.69 Å². The molecule has 5 nitrogen and oxygen atoms in total. The number of hydrogen-bond acceptors (Lipinski definition) is 4. The molecular weight excluding hydrogens is 288 g/mol. The van der Waals surface area contributed by atoms with E-state index in [1.165, 1.54) is 12.3 Å². The molecule has 0 bridgehead atoms. The number of aromatic nitrogens is 1. The Morgan fingerprint density at radius 3 is 2.81 bits per heavy atom. The molecule has 0 radical (unpaired) electrons. The third-order valence-electron chi connectivity index (χ3n) is 3.41. The summed E-state index contributed by atoms with van der Waals surface area (Å²) in [6.45, 7) is 0.567. The summed E-state index contributed by atoms with van der Waals surface area (Å²) in [5.74, 6) is -1.26. The number of nitrogens with zero attached hydrogens (tertiary/aromatic N) is 2. The Hall–Kier alpha value is -2.21. The number of carbonyl (C=O) groups excluding carboxylic acids is 1. The van der Waals surface area contributed by atoms with Crippen LogP contribution in [0.5, 0.6) is 0 Å². The highest BCUT2D eigenvalue weighted by atomic mass is 32.1. The molecule has 0 atom stereocenters. The second-order valence-corrected chi connectivity index (χ2v) is 5.81. The molecule has 0 saturated heterocycles. The van der Waals surface area contributed by atoms with Gasteiger partial charge in [-0.3, -0.25) is 4.79 Å². The number of carboxylic acid groups (broad SMARTS) is 1. The average molecular weight is 302 g/mol. The topological polar surface area (TPSA) is 70.5 Å². The van der Waals surface area contributed by atoms with E-state index in [-0.39, 0.29) is 17.6 Å². The van der Waals surface area contributed by atoms with Crippen LogP contribution in [0, 0.1) is 0 Å². The third-order valence-corrected chi connectivity index (χ3v) is 4.14. The van der Waals surface area contributed by atoms with Crippen molar-refractivity contribution in [1.29, 1.82) is 0 Å².